The fraction of sp³-hybridized carbons (Fsp3) is 0.200. The lowest BCUT2D eigenvalue weighted by Crippen LogP contribution is -2.24. The van der Waals surface area contributed by atoms with Crippen molar-refractivity contribution in [3.63, 3.8) is 0 Å². The van der Waals surface area contributed by atoms with Crippen LogP contribution in [0.5, 0.6) is 0 Å². The molecular formula is C20H20N2O3S. The number of aryl methyl sites for hydroxylation is 1. The van der Waals surface area contributed by atoms with Crippen molar-refractivity contribution < 1.29 is 14.8 Å². The summed E-state index contributed by atoms with van der Waals surface area (Å²) in [6, 6.07) is 17.3. The van der Waals surface area contributed by atoms with E-state index in [4.69, 9.17) is 5.21 Å². The third-order valence-electron chi connectivity index (χ3n) is 4.12. The summed E-state index contributed by atoms with van der Waals surface area (Å²) in [5.74, 6) is -0.665. The molecule has 6 heteroatoms. The van der Waals surface area contributed by atoms with E-state index in [1.165, 1.54) is 16.9 Å². The molecule has 0 aliphatic rings. The molecule has 1 heterocycles. The fourth-order valence-corrected chi connectivity index (χ4v) is 3.69. The molecule has 0 bridgehead atoms. The molecule has 2 amide bonds. The number of benzene rings is 2. The number of nitrogens with one attached hydrogen (secondary N) is 2. The van der Waals surface area contributed by atoms with E-state index < -0.39 is 5.91 Å². The van der Waals surface area contributed by atoms with E-state index in [2.05, 4.69) is 17.4 Å². The van der Waals surface area contributed by atoms with E-state index in [9.17, 15) is 9.59 Å². The number of hydroxylamine groups is 1. The van der Waals surface area contributed by atoms with Crippen LogP contribution in [0.2, 0.25) is 0 Å². The molecule has 26 heavy (non-hydrogen) atoms. The second kappa shape index (κ2) is 8.60. The van der Waals surface area contributed by atoms with Gasteiger partial charge in [0.1, 0.15) is 0 Å². The second-order valence-corrected chi connectivity index (χ2v) is 7.09. The Labute approximate surface area is 155 Å². The molecule has 2 aromatic carbocycles. The fourth-order valence-electron chi connectivity index (χ4n) is 2.75. The maximum absolute atomic E-state index is 12.3. The highest BCUT2D eigenvalue weighted by molar-refractivity contribution is 7.20. The van der Waals surface area contributed by atoms with Gasteiger partial charge in [-0.05, 0) is 54.5 Å². The third-order valence-corrected chi connectivity index (χ3v) is 5.24. The van der Waals surface area contributed by atoms with Crippen LogP contribution in [0.1, 0.15) is 38.4 Å². The van der Waals surface area contributed by atoms with E-state index >= 15 is 0 Å². The normalized spacial score (nSPS) is 10.7. The van der Waals surface area contributed by atoms with Gasteiger partial charge in [0.2, 0.25) is 0 Å². The van der Waals surface area contributed by atoms with Gasteiger partial charge in [0.15, 0.2) is 0 Å². The summed E-state index contributed by atoms with van der Waals surface area (Å²) in [5, 5.41) is 12.5. The molecule has 3 rings (SSSR count). The van der Waals surface area contributed by atoms with Gasteiger partial charge in [-0.15, -0.1) is 11.3 Å². The standard InChI is InChI=1S/C20H20N2O3S/c23-19(21-11-5-4-8-14-6-2-1-3-7-14)15-9-10-17-16(12-15)13-18(26-17)20(24)22-25/h1-3,6-7,9-10,12-13,25H,4-5,8,11H2,(H,21,23)(H,22,24). The molecule has 0 aliphatic heterocycles. The summed E-state index contributed by atoms with van der Waals surface area (Å²) in [6.45, 7) is 0.630. The zero-order valence-electron chi connectivity index (χ0n) is 14.2. The van der Waals surface area contributed by atoms with E-state index in [1.807, 2.05) is 24.3 Å². The highest BCUT2D eigenvalue weighted by atomic mass is 32.1. The van der Waals surface area contributed by atoms with Crippen LogP contribution in [0, 0.1) is 0 Å². The average Bonchev–Trinajstić information content (AvgIpc) is 3.11. The third kappa shape index (κ3) is 4.47. The number of fused-ring (bicyclic) bond motifs is 1. The van der Waals surface area contributed by atoms with Crippen LogP contribution >= 0.6 is 11.3 Å². The van der Waals surface area contributed by atoms with E-state index in [1.54, 1.807) is 23.7 Å². The van der Waals surface area contributed by atoms with Gasteiger partial charge in [0, 0.05) is 16.8 Å². The lowest BCUT2D eigenvalue weighted by molar-refractivity contribution is 0.0711. The van der Waals surface area contributed by atoms with Crippen LogP contribution < -0.4 is 10.8 Å². The van der Waals surface area contributed by atoms with Crippen molar-refractivity contribution in [1.29, 1.82) is 0 Å². The summed E-state index contributed by atoms with van der Waals surface area (Å²) in [4.78, 5) is 24.2. The molecule has 0 fully saturated rings. The lowest BCUT2D eigenvalue weighted by Gasteiger charge is -2.06. The van der Waals surface area contributed by atoms with E-state index in [0.717, 1.165) is 29.3 Å². The number of hydrogen-bond acceptors (Lipinski definition) is 4. The number of carbonyl (C=O) groups excluding carboxylic acids is 2. The Morgan fingerprint density at radius 3 is 2.54 bits per heavy atom. The van der Waals surface area contributed by atoms with Crippen molar-refractivity contribution in [1.82, 2.24) is 10.8 Å². The van der Waals surface area contributed by atoms with E-state index in [-0.39, 0.29) is 5.91 Å². The molecule has 3 N–H and O–H groups in total. The SMILES string of the molecule is O=C(NCCCCc1ccccc1)c1ccc2sc(C(=O)NO)cc2c1. The van der Waals surface area contributed by atoms with Crippen molar-refractivity contribution in [2.45, 2.75) is 19.3 Å². The second-order valence-electron chi connectivity index (χ2n) is 6.00. The van der Waals surface area contributed by atoms with Gasteiger partial charge in [-0.25, -0.2) is 5.48 Å². The Kier molecular flexibility index (Phi) is 5.99. The van der Waals surface area contributed by atoms with Crippen LogP contribution in [-0.2, 0) is 6.42 Å². The Balaban J connectivity index is 1.52. The van der Waals surface area contributed by atoms with Crippen LogP contribution in [0.3, 0.4) is 0 Å². The zero-order valence-corrected chi connectivity index (χ0v) is 15.0. The molecule has 0 aliphatic carbocycles. The molecule has 0 atom stereocenters. The van der Waals surface area contributed by atoms with Gasteiger partial charge in [0.25, 0.3) is 11.8 Å². The van der Waals surface area contributed by atoms with Crippen molar-refractivity contribution in [3.05, 3.63) is 70.6 Å². The first-order valence-electron chi connectivity index (χ1n) is 8.47. The minimum absolute atomic E-state index is 0.119. The molecule has 0 saturated heterocycles. The Bertz CT molecular complexity index is 906. The summed E-state index contributed by atoms with van der Waals surface area (Å²) in [7, 11) is 0. The highest BCUT2D eigenvalue weighted by Gasteiger charge is 2.11. The number of thiophene rings is 1. The maximum Gasteiger partial charge on any atom is 0.284 e. The Morgan fingerprint density at radius 2 is 1.77 bits per heavy atom. The summed E-state index contributed by atoms with van der Waals surface area (Å²) >= 11 is 1.27. The smallest absolute Gasteiger partial charge is 0.284 e. The summed E-state index contributed by atoms with van der Waals surface area (Å²) in [5.41, 5.74) is 3.50. The molecule has 0 spiro atoms. The molecule has 0 radical (unpaired) electrons. The minimum Gasteiger partial charge on any atom is -0.352 e. The van der Waals surface area contributed by atoms with Gasteiger partial charge in [-0.1, -0.05) is 30.3 Å². The van der Waals surface area contributed by atoms with Gasteiger partial charge in [0.05, 0.1) is 4.88 Å². The van der Waals surface area contributed by atoms with Gasteiger partial charge < -0.3 is 5.32 Å². The molecule has 3 aromatic rings. The number of hydrogen-bond donors (Lipinski definition) is 3. The summed E-state index contributed by atoms with van der Waals surface area (Å²) < 4.78 is 0.892. The first kappa shape index (κ1) is 18.1. The quantitative estimate of drug-likeness (QED) is 0.337. The molecule has 1 aromatic heterocycles. The average molecular weight is 368 g/mol. The first-order chi connectivity index (χ1) is 12.7. The maximum atomic E-state index is 12.3. The molecule has 5 nitrogen and oxygen atoms in total. The molecular weight excluding hydrogens is 348 g/mol. The number of rotatable bonds is 7. The number of amides is 2. The largest absolute Gasteiger partial charge is 0.352 e. The van der Waals surface area contributed by atoms with Crippen molar-refractivity contribution in [2.24, 2.45) is 0 Å². The Morgan fingerprint density at radius 1 is 0.962 bits per heavy atom. The predicted octanol–water partition coefficient (Wildman–Crippen LogP) is 3.77. The van der Waals surface area contributed by atoms with E-state index in [0.29, 0.717) is 17.0 Å². The number of unbranched alkanes of at least 4 members (excludes halogenated alkanes) is 1. The highest BCUT2D eigenvalue weighted by Crippen LogP contribution is 2.26. The topological polar surface area (TPSA) is 78.4 Å². The zero-order chi connectivity index (χ0) is 18.4. The predicted molar refractivity (Wildman–Crippen MR) is 103 cm³/mol. The van der Waals surface area contributed by atoms with Crippen molar-refractivity contribution >= 4 is 33.2 Å². The molecule has 134 valence electrons. The minimum atomic E-state index is -0.546. The van der Waals surface area contributed by atoms with Crippen LogP contribution in [-0.4, -0.2) is 23.6 Å². The van der Waals surface area contributed by atoms with Gasteiger partial charge in [-0.3, -0.25) is 14.8 Å². The van der Waals surface area contributed by atoms with Crippen LogP contribution in [0.15, 0.2) is 54.6 Å². The van der Waals surface area contributed by atoms with Crippen molar-refractivity contribution in [2.75, 3.05) is 6.54 Å². The van der Waals surface area contributed by atoms with Gasteiger partial charge in [-0.2, -0.15) is 0 Å². The molecule has 0 unspecified atom stereocenters. The lowest BCUT2D eigenvalue weighted by atomic mass is 10.1. The monoisotopic (exact) mass is 368 g/mol. The van der Waals surface area contributed by atoms with Crippen molar-refractivity contribution in [3.8, 4) is 0 Å². The van der Waals surface area contributed by atoms with Crippen LogP contribution in [0.25, 0.3) is 10.1 Å². The number of carbonyl (C=O) groups is 2. The molecule has 0 saturated carbocycles. The Hall–Kier alpha value is -2.70. The van der Waals surface area contributed by atoms with Crippen LogP contribution in [0.4, 0.5) is 0 Å². The van der Waals surface area contributed by atoms with Gasteiger partial charge >= 0.3 is 0 Å². The first-order valence-corrected chi connectivity index (χ1v) is 9.29. The summed E-state index contributed by atoms with van der Waals surface area (Å²) in [6.07, 6.45) is 2.95.